The standard InChI is InChI=1S/C10H18O8/c1-5(11)10(16)8(14)3-7(13)4-9(15)18-17-6(2)12/h5,7-8,10-11,13-14,16H,3-4H2,1-2H3/t5-,7?,8-,10-/m1/s1. The van der Waals surface area contributed by atoms with Crippen LogP contribution in [0.15, 0.2) is 0 Å². The first-order valence-corrected chi connectivity index (χ1v) is 5.34. The van der Waals surface area contributed by atoms with Gasteiger partial charge in [0.05, 0.1) is 24.7 Å². The normalized spacial score (nSPS) is 17.4. The second-order valence-electron chi connectivity index (χ2n) is 3.92. The lowest BCUT2D eigenvalue weighted by molar-refractivity contribution is -0.258. The highest BCUT2D eigenvalue weighted by Gasteiger charge is 2.25. The molecule has 0 saturated carbocycles. The van der Waals surface area contributed by atoms with E-state index < -0.39 is 42.8 Å². The van der Waals surface area contributed by atoms with E-state index in [2.05, 4.69) is 9.78 Å². The number of hydrogen-bond acceptors (Lipinski definition) is 8. The molecular weight excluding hydrogens is 248 g/mol. The zero-order valence-corrected chi connectivity index (χ0v) is 10.1. The van der Waals surface area contributed by atoms with E-state index in [1.165, 1.54) is 6.92 Å². The van der Waals surface area contributed by atoms with Gasteiger partial charge in [-0.1, -0.05) is 0 Å². The van der Waals surface area contributed by atoms with Crippen LogP contribution in [0.5, 0.6) is 0 Å². The Bertz CT molecular complexity index is 277. The molecule has 18 heavy (non-hydrogen) atoms. The summed E-state index contributed by atoms with van der Waals surface area (Å²) in [6.07, 6.45) is -6.12. The van der Waals surface area contributed by atoms with Crippen molar-refractivity contribution in [3.8, 4) is 0 Å². The van der Waals surface area contributed by atoms with Crippen molar-refractivity contribution < 1.29 is 39.8 Å². The average Bonchev–Trinajstić information content (AvgIpc) is 2.24. The fourth-order valence-electron chi connectivity index (χ4n) is 1.15. The van der Waals surface area contributed by atoms with Gasteiger partial charge in [-0.25, -0.2) is 19.4 Å². The zero-order chi connectivity index (χ0) is 14.3. The summed E-state index contributed by atoms with van der Waals surface area (Å²) < 4.78 is 0. The minimum atomic E-state index is -1.43. The largest absolute Gasteiger partial charge is 0.392 e. The van der Waals surface area contributed by atoms with Crippen LogP contribution in [-0.2, 0) is 19.4 Å². The molecule has 1 unspecified atom stereocenters. The number of rotatable bonds is 6. The third-order valence-corrected chi connectivity index (χ3v) is 2.06. The molecule has 4 atom stereocenters. The molecule has 0 amide bonds. The van der Waals surface area contributed by atoms with Gasteiger partial charge in [0, 0.05) is 13.3 Å². The number of hydrogen-bond donors (Lipinski definition) is 4. The van der Waals surface area contributed by atoms with Crippen LogP contribution in [0.1, 0.15) is 26.7 Å². The molecule has 0 aromatic rings. The van der Waals surface area contributed by atoms with Crippen LogP contribution in [0.25, 0.3) is 0 Å². The molecule has 0 aliphatic heterocycles. The lowest BCUT2D eigenvalue weighted by Crippen LogP contribution is -2.38. The molecule has 0 aliphatic rings. The topological polar surface area (TPSA) is 134 Å². The van der Waals surface area contributed by atoms with Crippen LogP contribution in [-0.4, -0.2) is 56.8 Å². The highest BCUT2D eigenvalue weighted by molar-refractivity contribution is 5.71. The molecule has 0 aliphatic carbocycles. The van der Waals surface area contributed by atoms with Gasteiger partial charge >= 0.3 is 11.9 Å². The van der Waals surface area contributed by atoms with Crippen molar-refractivity contribution in [2.24, 2.45) is 0 Å². The maximum atomic E-state index is 11.0. The fourth-order valence-corrected chi connectivity index (χ4v) is 1.15. The van der Waals surface area contributed by atoms with E-state index in [9.17, 15) is 24.9 Å². The molecule has 4 N–H and O–H groups in total. The van der Waals surface area contributed by atoms with Crippen molar-refractivity contribution in [1.29, 1.82) is 0 Å². The highest BCUT2D eigenvalue weighted by Crippen LogP contribution is 2.09. The number of carbonyl (C=O) groups is 2. The predicted molar refractivity (Wildman–Crippen MR) is 56.8 cm³/mol. The van der Waals surface area contributed by atoms with E-state index in [1.807, 2.05) is 0 Å². The van der Waals surface area contributed by atoms with Crippen LogP contribution < -0.4 is 0 Å². The van der Waals surface area contributed by atoms with Crippen molar-refractivity contribution in [3.05, 3.63) is 0 Å². The molecule has 0 fully saturated rings. The van der Waals surface area contributed by atoms with Crippen molar-refractivity contribution in [2.75, 3.05) is 0 Å². The van der Waals surface area contributed by atoms with Crippen LogP contribution in [0.4, 0.5) is 0 Å². The molecule has 8 nitrogen and oxygen atoms in total. The van der Waals surface area contributed by atoms with Gasteiger partial charge in [0.25, 0.3) is 0 Å². The Balaban J connectivity index is 3.99. The Kier molecular flexibility index (Phi) is 7.44. The lowest BCUT2D eigenvalue weighted by Gasteiger charge is -2.21. The minimum Gasteiger partial charge on any atom is -0.392 e. The lowest BCUT2D eigenvalue weighted by atomic mass is 10.0. The average molecular weight is 266 g/mol. The van der Waals surface area contributed by atoms with Gasteiger partial charge in [0.15, 0.2) is 0 Å². The van der Waals surface area contributed by atoms with E-state index in [1.54, 1.807) is 0 Å². The monoisotopic (exact) mass is 266 g/mol. The Morgan fingerprint density at radius 2 is 1.67 bits per heavy atom. The summed E-state index contributed by atoms with van der Waals surface area (Å²) in [6, 6.07) is 0. The fraction of sp³-hybridized carbons (Fsp3) is 0.800. The molecule has 0 saturated heterocycles. The van der Waals surface area contributed by atoms with Crippen LogP contribution >= 0.6 is 0 Å². The Morgan fingerprint density at radius 3 is 2.11 bits per heavy atom. The molecule has 0 spiro atoms. The molecule has 0 aromatic carbocycles. The molecule has 8 heteroatoms. The summed E-state index contributed by atoms with van der Waals surface area (Å²) >= 11 is 0. The third-order valence-electron chi connectivity index (χ3n) is 2.06. The summed E-state index contributed by atoms with van der Waals surface area (Å²) in [7, 11) is 0. The molecule has 0 bridgehead atoms. The maximum Gasteiger partial charge on any atom is 0.358 e. The minimum absolute atomic E-state index is 0.332. The first kappa shape index (κ1) is 16.8. The van der Waals surface area contributed by atoms with E-state index in [4.69, 9.17) is 5.11 Å². The summed E-state index contributed by atoms with van der Waals surface area (Å²) in [4.78, 5) is 29.3. The van der Waals surface area contributed by atoms with Crippen LogP contribution in [0.3, 0.4) is 0 Å². The Morgan fingerprint density at radius 1 is 1.11 bits per heavy atom. The molecule has 0 aromatic heterocycles. The van der Waals surface area contributed by atoms with Crippen molar-refractivity contribution >= 4 is 11.9 Å². The second-order valence-corrected chi connectivity index (χ2v) is 3.92. The highest BCUT2D eigenvalue weighted by atomic mass is 17.2. The van der Waals surface area contributed by atoms with Crippen molar-refractivity contribution in [2.45, 2.75) is 51.1 Å². The van der Waals surface area contributed by atoms with E-state index in [-0.39, 0.29) is 6.42 Å². The predicted octanol–water partition coefficient (Wildman–Crippen LogP) is -1.75. The van der Waals surface area contributed by atoms with E-state index in [0.29, 0.717) is 0 Å². The van der Waals surface area contributed by atoms with Crippen molar-refractivity contribution in [3.63, 3.8) is 0 Å². The van der Waals surface area contributed by atoms with Gasteiger partial charge in [-0.3, -0.25) is 0 Å². The number of aliphatic hydroxyl groups is 4. The second kappa shape index (κ2) is 7.98. The molecular formula is C10H18O8. The van der Waals surface area contributed by atoms with Gasteiger partial charge in [-0.05, 0) is 6.92 Å². The summed E-state index contributed by atoms with van der Waals surface area (Å²) in [6.45, 7) is 2.31. The SMILES string of the molecule is CC(=O)OOC(=O)CC(O)C[C@@H](O)[C@H](O)[C@@H](C)O. The number of aliphatic hydroxyl groups excluding tert-OH is 4. The summed E-state index contributed by atoms with van der Waals surface area (Å²) in [5, 5.41) is 37.0. The zero-order valence-electron chi connectivity index (χ0n) is 10.1. The molecule has 106 valence electrons. The Hall–Kier alpha value is -1.22. The van der Waals surface area contributed by atoms with Crippen LogP contribution in [0.2, 0.25) is 0 Å². The first-order chi connectivity index (χ1) is 8.23. The Labute approximate surface area is 104 Å². The first-order valence-electron chi connectivity index (χ1n) is 5.34. The number of carbonyl (C=O) groups excluding carboxylic acids is 2. The van der Waals surface area contributed by atoms with Gasteiger partial charge in [0.2, 0.25) is 0 Å². The van der Waals surface area contributed by atoms with Crippen molar-refractivity contribution in [1.82, 2.24) is 0 Å². The molecule has 0 radical (unpaired) electrons. The maximum absolute atomic E-state index is 11.0. The molecule has 0 heterocycles. The summed E-state index contributed by atoms with van der Waals surface area (Å²) in [5.74, 6) is -1.81. The van der Waals surface area contributed by atoms with Crippen LogP contribution in [0, 0.1) is 0 Å². The molecule has 0 rings (SSSR count). The smallest absolute Gasteiger partial charge is 0.358 e. The quantitative estimate of drug-likeness (QED) is 0.328. The van der Waals surface area contributed by atoms with Gasteiger partial charge in [-0.15, -0.1) is 0 Å². The third kappa shape index (κ3) is 7.17. The van der Waals surface area contributed by atoms with Gasteiger partial charge in [-0.2, -0.15) is 0 Å². The van der Waals surface area contributed by atoms with Gasteiger partial charge in [0.1, 0.15) is 6.10 Å². The van der Waals surface area contributed by atoms with Gasteiger partial charge < -0.3 is 20.4 Å². The summed E-state index contributed by atoms with van der Waals surface area (Å²) in [5.41, 5.74) is 0. The van der Waals surface area contributed by atoms with E-state index >= 15 is 0 Å². The van der Waals surface area contributed by atoms with E-state index in [0.717, 1.165) is 6.92 Å².